The zero-order chi connectivity index (χ0) is 12.3. The average molecular weight is 251 g/mol. The summed E-state index contributed by atoms with van der Waals surface area (Å²) in [6.45, 7) is 4.18. The molecule has 0 aromatic heterocycles. The molecule has 0 bridgehead atoms. The fourth-order valence-electron chi connectivity index (χ4n) is 1.97. The van der Waals surface area contributed by atoms with Crippen molar-refractivity contribution in [1.82, 2.24) is 4.90 Å². The maximum absolute atomic E-state index is 12.3. The minimum absolute atomic E-state index is 0.0793. The van der Waals surface area contributed by atoms with Crippen molar-refractivity contribution in [3.8, 4) is 0 Å². The molecule has 17 heavy (non-hydrogen) atoms. The van der Waals surface area contributed by atoms with Gasteiger partial charge in [-0.15, -0.1) is 12.6 Å². The first-order valence-electron chi connectivity index (χ1n) is 5.87. The maximum atomic E-state index is 12.3. The lowest BCUT2D eigenvalue weighted by Crippen LogP contribution is -2.35. The minimum Gasteiger partial charge on any atom is -0.377 e. The molecule has 0 N–H and O–H groups in total. The second-order valence-corrected chi connectivity index (χ2v) is 4.85. The first-order valence-corrected chi connectivity index (χ1v) is 6.31. The number of hydrogen-bond donors (Lipinski definition) is 1. The molecule has 3 nitrogen and oxygen atoms in total. The number of ether oxygens (including phenoxy) is 1. The van der Waals surface area contributed by atoms with E-state index in [9.17, 15) is 4.79 Å². The van der Waals surface area contributed by atoms with Crippen LogP contribution in [-0.4, -0.2) is 36.6 Å². The number of hydrogen-bond acceptors (Lipinski definition) is 3. The van der Waals surface area contributed by atoms with Gasteiger partial charge in [0.25, 0.3) is 5.91 Å². The largest absolute Gasteiger partial charge is 0.377 e. The summed E-state index contributed by atoms with van der Waals surface area (Å²) >= 11 is 4.21. The Hall–Kier alpha value is -1.00. The van der Waals surface area contributed by atoms with Gasteiger partial charge < -0.3 is 9.64 Å². The van der Waals surface area contributed by atoms with Gasteiger partial charge in [-0.25, -0.2) is 0 Å². The van der Waals surface area contributed by atoms with E-state index >= 15 is 0 Å². The molecule has 1 aromatic carbocycles. The van der Waals surface area contributed by atoms with Crippen LogP contribution in [0.1, 0.15) is 23.7 Å². The lowest BCUT2D eigenvalue weighted by atomic mass is 10.2. The van der Waals surface area contributed by atoms with Crippen LogP contribution in [0.2, 0.25) is 0 Å². The number of benzene rings is 1. The van der Waals surface area contributed by atoms with Crippen LogP contribution in [0.15, 0.2) is 29.2 Å². The number of rotatable bonds is 1. The molecule has 92 valence electrons. The first kappa shape index (κ1) is 12.5. The summed E-state index contributed by atoms with van der Waals surface area (Å²) in [7, 11) is 0. The SMILES string of the molecule is CC1CN(C(=O)c2ccc(S)cc2)CCCO1. The van der Waals surface area contributed by atoms with Gasteiger partial charge in [-0.2, -0.15) is 0 Å². The monoisotopic (exact) mass is 251 g/mol. The smallest absolute Gasteiger partial charge is 0.253 e. The lowest BCUT2D eigenvalue weighted by Gasteiger charge is -2.22. The van der Waals surface area contributed by atoms with Gasteiger partial charge in [-0.3, -0.25) is 4.79 Å². The Morgan fingerprint density at radius 2 is 2.12 bits per heavy atom. The average Bonchev–Trinajstić information content (AvgIpc) is 2.54. The Labute approximate surface area is 107 Å². The van der Waals surface area contributed by atoms with Crippen LogP contribution in [0, 0.1) is 0 Å². The van der Waals surface area contributed by atoms with Crippen molar-refractivity contribution >= 4 is 18.5 Å². The Morgan fingerprint density at radius 3 is 2.82 bits per heavy atom. The summed E-state index contributed by atoms with van der Waals surface area (Å²) in [4.78, 5) is 15.0. The molecule has 0 saturated carbocycles. The van der Waals surface area contributed by atoms with Crippen LogP contribution < -0.4 is 0 Å². The maximum Gasteiger partial charge on any atom is 0.253 e. The minimum atomic E-state index is 0.0793. The molecule has 0 spiro atoms. The third-order valence-corrected chi connectivity index (χ3v) is 3.15. The Bertz CT molecular complexity index is 391. The predicted molar refractivity (Wildman–Crippen MR) is 69.6 cm³/mol. The fraction of sp³-hybridized carbons (Fsp3) is 0.462. The number of amides is 1. The van der Waals surface area contributed by atoms with Gasteiger partial charge in [0.2, 0.25) is 0 Å². The van der Waals surface area contributed by atoms with Crippen molar-refractivity contribution in [2.45, 2.75) is 24.3 Å². The van der Waals surface area contributed by atoms with Gasteiger partial charge in [0, 0.05) is 30.2 Å². The highest BCUT2D eigenvalue weighted by Gasteiger charge is 2.20. The highest BCUT2D eigenvalue weighted by molar-refractivity contribution is 7.80. The Balaban J connectivity index is 2.10. The van der Waals surface area contributed by atoms with Crippen LogP contribution in [0.5, 0.6) is 0 Å². The second kappa shape index (κ2) is 5.56. The quantitative estimate of drug-likeness (QED) is 0.776. The normalized spacial score (nSPS) is 21.1. The number of thiol groups is 1. The summed E-state index contributed by atoms with van der Waals surface area (Å²) < 4.78 is 5.53. The van der Waals surface area contributed by atoms with E-state index in [0.717, 1.165) is 30.0 Å². The molecule has 1 aliphatic rings. The molecule has 1 amide bonds. The van der Waals surface area contributed by atoms with Gasteiger partial charge in [0.1, 0.15) is 0 Å². The molecule has 1 unspecified atom stereocenters. The summed E-state index contributed by atoms with van der Waals surface area (Å²) in [5, 5.41) is 0. The van der Waals surface area contributed by atoms with Gasteiger partial charge >= 0.3 is 0 Å². The highest BCUT2D eigenvalue weighted by Crippen LogP contribution is 2.13. The molecular weight excluding hydrogens is 234 g/mol. The molecular formula is C13H17NO2S. The molecule has 1 fully saturated rings. The van der Waals surface area contributed by atoms with Crippen LogP contribution in [0.3, 0.4) is 0 Å². The van der Waals surface area contributed by atoms with Gasteiger partial charge in [-0.05, 0) is 37.6 Å². The molecule has 1 aromatic rings. The molecule has 1 saturated heterocycles. The molecule has 4 heteroatoms. The van der Waals surface area contributed by atoms with E-state index in [-0.39, 0.29) is 12.0 Å². The third-order valence-electron chi connectivity index (χ3n) is 2.85. The summed E-state index contributed by atoms with van der Waals surface area (Å²) in [6.07, 6.45) is 1.02. The van der Waals surface area contributed by atoms with E-state index in [2.05, 4.69) is 12.6 Å². The molecule has 2 rings (SSSR count). The van der Waals surface area contributed by atoms with E-state index in [1.165, 1.54) is 0 Å². The van der Waals surface area contributed by atoms with Crippen LogP contribution in [-0.2, 0) is 4.74 Å². The van der Waals surface area contributed by atoms with Crippen LogP contribution in [0.25, 0.3) is 0 Å². The topological polar surface area (TPSA) is 29.5 Å². The second-order valence-electron chi connectivity index (χ2n) is 4.33. The van der Waals surface area contributed by atoms with E-state index < -0.39 is 0 Å². The van der Waals surface area contributed by atoms with E-state index in [4.69, 9.17) is 4.74 Å². The van der Waals surface area contributed by atoms with Crippen molar-refractivity contribution in [2.24, 2.45) is 0 Å². The van der Waals surface area contributed by atoms with Gasteiger partial charge in [-0.1, -0.05) is 0 Å². The van der Waals surface area contributed by atoms with Crippen molar-refractivity contribution in [3.05, 3.63) is 29.8 Å². The summed E-state index contributed by atoms with van der Waals surface area (Å²) in [5.74, 6) is 0.0793. The molecule has 1 heterocycles. The van der Waals surface area contributed by atoms with Gasteiger partial charge in [0.15, 0.2) is 0 Å². The summed E-state index contributed by atoms with van der Waals surface area (Å²) in [6, 6.07) is 7.32. The van der Waals surface area contributed by atoms with Crippen molar-refractivity contribution in [1.29, 1.82) is 0 Å². The van der Waals surface area contributed by atoms with Crippen molar-refractivity contribution in [2.75, 3.05) is 19.7 Å². The van der Waals surface area contributed by atoms with Gasteiger partial charge in [0.05, 0.1) is 6.10 Å². The fourth-order valence-corrected chi connectivity index (χ4v) is 2.11. The first-order chi connectivity index (χ1) is 8.16. The van der Waals surface area contributed by atoms with E-state index in [1.54, 1.807) is 0 Å². The highest BCUT2D eigenvalue weighted by atomic mass is 32.1. The number of carbonyl (C=O) groups excluding carboxylic acids is 1. The summed E-state index contributed by atoms with van der Waals surface area (Å²) in [5.41, 5.74) is 0.719. The Kier molecular flexibility index (Phi) is 4.07. The predicted octanol–water partition coefficient (Wildman–Crippen LogP) is 2.23. The van der Waals surface area contributed by atoms with E-state index in [0.29, 0.717) is 6.54 Å². The van der Waals surface area contributed by atoms with Crippen LogP contribution >= 0.6 is 12.6 Å². The number of carbonyl (C=O) groups is 1. The molecule has 0 radical (unpaired) electrons. The molecule has 0 aliphatic carbocycles. The zero-order valence-corrected chi connectivity index (χ0v) is 10.8. The Morgan fingerprint density at radius 1 is 1.41 bits per heavy atom. The molecule has 1 atom stereocenters. The standard InChI is InChI=1S/C13H17NO2S/c1-10-9-14(7-2-8-16-10)13(15)11-3-5-12(17)6-4-11/h3-6,10,17H,2,7-9H2,1H3. The van der Waals surface area contributed by atoms with Crippen molar-refractivity contribution < 1.29 is 9.53 Å². The number of nitrogens with zero attached hydrogens (tertiary/aromatic N) is 1. The van der Waals surface area contributed by atoms with E-state index in [1.807, 2.05) is 36.1 Å². The zero-order valence-electron chi connectivity index (χ0n) is 9.93. The van der Waals surface area contributed by atoms with Crippen molar-refractivity contribution in [3.63, 3.8) is 0 Å². The third kappa shape index (κ3) is 3.23. The lowest BCUT2D eigenvalue weighted by molar-refractivity contribution is 0.0562. The molecule has 1 aliphatic heterocycles. The van der Waals surface area contributed by atoms with Crippen LogP contribution in [0.4, 0.5) is 0 Å².